The van der Waals surface area contributed by atoms with Gasteiger partial charge in [-0.2, -0.15) is 0 Å². The predicted molar refractivity (Wildman–Crippen MR) is 106 cm³/mol. The lowest BCUT2D eigenvalue weighted by Crippen LogP contribution is -2.49. The Bertz CT molecular complexity index is 696. The van der Waals surface area contributed by atoms with Gasteiger partial charge < -0.3 is 15.5 Å². The Morgan fingerprint density at radius 2 is 1.93 bits per heavy atom. The van der Waals surface area contributed by atoms with E-state index in [1.807, 2.05) is 6.92 Å². The summed E-state index contributed by atoms with van der Waals surface area (Å²) in [5.41, 5.74) is 0.213. The van der Waals surface area contributed by atoms with E-state index >= 15 is 0 Å². The first-order chi connectivity index (χ1) is 12.9. The van der Waals surface area contributed by atoms with Crippen LogP contribution in [0.1, 0.15) is 38.2 Å². The van der Waals surface area contributed by atoms with Crippen molar-refractivity contribution in [3.63, 3.8) is 0 Å². The number of carbonyl (C=O) groups excluding carboxylic acids is 1. The topological polar surface area (TPSA) is 99.9 Å². The zero-order chi connectivity index (χ0) is 19.9. The highest BCUT2D eigenvalue weighted by Crippen LogP contribution is 2.38. The maximum atomic E-state index is 12.7. The molecule has 1 amide bonds. The number of amides is 1. The van der Waals surface area contributed by atoms with Gasteiger partial charge in [0.2, 0.25) is 5.91 Å². The highest BCUT2D eigenvalue weighted by atomic mass is 16.6. The number of nitrogens with zero attached hydrogens (tertiary/aromatic N) is 3. The van der Waals surface area contributed by atoms with Crippen molar-refractivity contribution < 1.29 is 9.72 Å². The predicted octanol–water partition coefficient (Wildman–Crippen LogP) is 2.30. The summed E-state index contributed by atoms with van der Waals surface area (Å²) >= 11 is 0. The Morgan fingerprint density at radius 1 is 1.26 bits per heavy atom. The molecule has 0 radical (unpaired) electrons. The molecule has 0 atom stereocenters. The van der Waals surface area contributed by atoms with Gasteiger partial charge in [-0.1, -0.05) is 31.0 Å². The van der Waals surface area contributed by atoms with Crippen molar-refractivity contribution in [2.75, 3.05) is 27.2 Å². The van der Waals surface area contributed by atoms with Crippen molar-refractivity contribution in [1.29, 1.82) is 0 Å². The molecule has 0 saturated heterocycles. The number of nitrogens with one attached hydrogen (secondary N) is 2. The van der Waals surface area contributed by atoms with E-state index in [2.05, 4.69) is 15.6 Å². The fourth-order valence-electron chi connectivity index (χ4n) is 3.57. The number of hydrogen-bond donors (Lipinski definition) is 2. The van der Waals surface area contributed by atoms with Crippen LogP contribution >= 0.6 is 0 Å². The second-order valence-corrected chi connectivity index (χ2v) is 7.12. The van der Waals surface area contributed by atoms with Crippen LogP contribution in [-0.4, -0.2) is 48.9 Å². The molecule has 1 aromatic carbocycles. The molecule has 8 heteroatoms. The maximum absolute atomic E-state index is 12.7. The van der Waals surface area contributed by atoms with E-state index in [-0.39, 0.29) is 18.1 Å². The minimum Gasteiger partial charge on any atom is -0.357 e. The largest absolute Gasteiger partial charge is 0.357 e. The number of nitro benzene ring substituents is 1. The smallest absolute Gasteiger partial charge is 0.274 e. The fraction of sp³-hybridized carbons (Fsp3) is 0.579. The molecule has 0 bridgehead atoms. The van der Waals surface area contributed by atoms with Crippen molar-refractivity contribution in [1.82, 2.24) is 15.5 Å². The first kappa shape index (κ1) is 20.7. The van der Waals surface area contributed by atoms with Crippen LogP contribution in [-0.2, 0) is 11.3 Å². The minimum atomic E-state index is -0.404. The summed E-state index contributed by atoms with van der Waals surface area (Å²) in [6, 6.07) is 6.60. The van der Waals surface area contributed by atoms with Crippen molar-refractivity contribution in [2.24, 2.45) is 10.4 Å². The number of para-hydroxylation sites is 1. The first-order valence-electron chi connectivity index (χ1n) is 9.36. The molecule has 1 fully saturated rings. The molecule has 1 aliphatic carbocycles. The molecule has 0 unspecified atom stereocenters. The van der Waals surface area contributed by atoms with Crippen LogP contribution in [0.15, 0.2) is 29.3 Å². The van der Waals surface area contributed by atoms with E-state index in [0.29, 0.717) is 24.6 Å². The van der Waals surface area contributed by atoms with E-state index in [9.17, 15) is 14.9 Å². The van der Waals surface area contributed by atoms with Crippen LogP contribution in [0.4, 0.5) is 5.69 Å². The molecule has 148 valence electrons. The second-order valence-electron chi connectivity index (χ2n) is 7.12. The van der Waals surface area contributed by atoms with Gasteiger partial charge >= 0.3 is 0 Å². The van der Waals surface area contributed by atoms with E-state index in [0.717, 1.165) is 25.7 Å². The zero-order valence-corrected chi connectivity index (χ0v) is 16.3. The molecule has 0 aromatic heterocycles. The van der Waals surface area contributed by atoms with E-state index < -0.39 is 10.3 Å². The van der Waals surface area contributed by atoms with Gasteiger partial charge in [0.1, 0.15) is 0 Å². The van der Waals surface area contributed by atoms with Gasteiger partial charge in [0.05, 0.1) is 22.4 Å². The van der Waals surface area contributed by atoms with Gasteiger partial charge in [0.15, 0.2) is 5.96 Å². The Kier molecular flexibility index (Phi) is 7.15. The molecular formula is C19H29N5O3. The summed E-state index contributed by atoms with van der Waals surface area (Å²) in [7, 11) is 3.58. The molecule has 2 N–H and O–H groups in total. The molecule has 1 saturated carbocycles. The molecule has 0 heterocycles. The molecule has 0 spiro atoms. The van der Waals surface area contributed by atoms with Gasteiger partial charge in [-0.15, -0.1) is 0 Å². The van der Waals surface area contributed by atoms with Crippen LogP contribution in [0.5, 0.6) is 0 Å². The van der Waals surface area contributed by atoms with Crippen molar-refractivity contribution in [3.05, 3.63) is 39.9 Å². The minimum absolute atomic E-state index is 0.0622. The van der Waals surface area contributed by atoms with E-state index in [1.54, 1.807) is 37.2 Å². The van der Waals surface area contributed by atoms with E-state index in [4.69, 9.17) is 0 Å². The summed E-state index contributed by atoms with van der Waals surface area (Å²) in [6.45, 7) is 3.32. The molecule has 0 aliphatic heterocycles. The normalized spacial score (nSPS) is 16.0. The van der Waals surface area contributed by atoms with Gasteiger partial charge in [-0.05, 0) is 19.8 Å². The van der Waals surface area contributed by atoms with Crippen LogP contribution in [0.25, 0.3) is 0 Å². The second kappa shape index (κ2) is 9.34. The summed E-state index contributed by atoms with van der Waals surface area (Å²) < 4.78 is 0. The fourth-order valence-corrected chi connectivity index (χ4v) is 3.57. The first-order valence-corrected chi connectivity index (χ1v) is 9.36. The Hall–Kier alpha value is -2.64. The van der Waals surface area contributed by atoms with Crippen molar-refractivity contribution in [2.45, 2.75) is 39.2 Å². The summed E-state index contributed by atoms with van der Waals surface area (Å²) in [5, 5.41) is 17.6. The lowest BCUT2D eigenvalue weighted by molar-refractivity contribution is -0.385. The van der Waals surface area contributed by atoms with Gasteiger partial charge in [0, 0.05) is 33.3 Å². The third-order valence-corrected chi connectivity index (χ3v) is 4.95. The average molecular weight is 375 g/mol. The number of hydrogen-bond acceptors (Lipinski definition) is 4. The van der Waals surface area contributed by atoms with Crippen LogP contribution in [0, 0.1) is 15.5 Å². The summed E-state index contributed by atoms with van der Waals surface area (Å²) in [5.74, 6) is 0.704. The number of benzene rings is 1. The molecule has 27 heavy (non-hydrogen) atoms. The third kappa shape index (κ3) is 5.18. The third-order valence-electron chi connectivity index (χ3n) is 4.95. The van der Waals surface area contributed by atoms with Crippen LogP contribution < -0.4 is 10.6 Å². The molecule has 8 nitrogen and oxygen atoms in total. The zero-order valence-electron chi connectivity index (χ0n) is 16.3. The monoisotopic (exact) mass is 375 g/mol. The molecule has 1 aromatic rings. The lowest BCUT2D eigenvalue weighted by atomic mass is 9.84. The lowest BCUT2D eigenvalue weighted by Gasteiger charge is -2.31. The number of aliphatic imine (C=N–C) groups is 1. The Balaban J connectivity index is 2.12. The van der Waals surface area contributed by atoms with Crippen LogP contribution in [0.2, 0.25) is 0 Å². The maximum Gasteiger partial charge on any atom is 0.274 e. The Labute approximate surface area is 160 Å². The van der Waals surface area contributed by atoms with Gasteiger partial charge in [-0.25, -0.2) is 4.99 Å². The van der Waals surface area contributed by atoms with Crippen molar-refractivity contribution >= 4 is 17.6 Å². The highest BCUT2D eigenvalue weighted by Gasteiger charge is 2.42. The quantitative estimate of drug-likeness (QED) is 0.330. The van der Waals surface area contributed by atoms with E-state index in [1.165, 1.54) is 6.07 Å². The highest BCUT2D eigenvalue weighted by molar-refractivity contribution is 5.85. The van der Waals surface area contributed by atoms with Crippen LogP contribution in [0.3, 0.4) is 0 Å². The van der Waals surface area contributed by atoms with Gasteiger partial charge in [-0.3, -0.25) is 14.9 Å². The SMILES string of the molecule is CCNC(=NCc1ccccc1[N+](=O)[O-])NCC1(C(=O)N(C)C)CCCC1. The van der Waals surface area contributed by atoms with Crippen molar-refractivity contribution in [3.8, 4) is 0 Å². The molecular weight excluding hydrogens is 346 g/mol. The number of rotatable bonds is 7. The standard InChI is InChI=1S/C19H29N5O3/c1-4-20-18(21-13-15-9-5-6-10-16(15)24(26)27)22-14-19(11-7-8-12-19)17(25)23(2)3/h5-6,9-10H,4,7-8,11-14H2,1-3H3,(H2,20,21,22). The average Bonchev–Trinajstić information content (AvgIpc) is 3.13. The Morgan fingerprint density at radius 3 is 2.52 bits per heavy atom. The number of carbonyl (C=O) groups is 1. The summed E-state index contributed by atoms with van der Waals surface area (Å²) in [4.78, 5) is 29.6. The number of nitro groups is 1. The van der Waals surface area contributed by atoms with Gasteiger partial charge in [0.25, 0.3) is 5.69 Å². The molecule has 1 aliphatic rings. The number of guanidine groups is 1. The molecule has 2 rings (SSSR count). The summed E-state index contributed by atoms with van der Waals surface area (Å²) in [6.07, 6.45) is 3.82.